The Morgan fingerprint density at radius 3 is 2.35 bits per heavy atom. The van der Waals surface area contributed by atoms with E-state index in [9.17, 15) is 26.3 Å². The van der Waals surface area contributed by atoms with E-state index in [1.54, 1.807) is 12.5 Å². The Hall–Kier alpha value is -3.15. The summed E-state index contributed by atoms with van der Waals surface area (Å²) in [6.45, 7) is 3.39. The van der Waals surface area contributed by atoms with E-state index in [1.807, 2.05) is 19.1 Å². The van der Waals surface area contributed by atoms with Crippen LogP contribution in [0.3, 0.4) is 0 Å². The molecule has 0 atom stereocenters. The standard InChI is InChI=1S/C16H14F6N2S.C6H5N3/c1-3-6-25-11-7-10(15(17,18)19)8-23-14(11)13-9(2)4-5-12(24-13)16(20,21)22;1-2-5-6(7-3-1)9-4-8-5/h4-5,7-8H,3,6H2,1-2H3;1-4H,(H,7,8,9). The second-order valence-electron chi connectivity index (χ2n) is 7.05. The minimum absolute atomic E-state index is 0.0232. The molecule has 0 unspecified atom stereocenters. The van der Waals surface area contributed by atoms with Crippen LogP contribution >= 0.6 is 11.8 Å². The molecule has 0 saturated carbocycles. The second kappa shape index (κ2) is 10.4. The van der Waals surface area contributed by atoms with Crippen molar-refractivity contribution in [1.29, 1.82) is 0 Å². The number of nitrogens with zero attached hydrogens (tertiary/aromatic N) is 4. The predicted octanol–water partition coefficient (Wildman–Crippen LogP) is 6.95. The summed E-state index contributed by atoms with van der Waals surface area (Å²) in [6.07, 6.45) is -4.56. The number of halogens is 6. The summed E-state index contributed by atoms with van der Waals surface area (Å²) in [6, 6.07) is 6.79. The number of aromatic amines is 1. The van der Waals surface area contributed by atoms with Gasteiger partial charge in [-0.25, -0.2) is 15.0 Å². The Balaban J connectivity index is 0.000000296. The highest BCUT2D eigenvalue weighted by atomic mass is 32.2. The summed E-state index contributed by atoms with van der Waals surface area (Å²) in [5, 5.41) is 0. The molecule has 4 heterocycles. The fourth-order valence-electron chi connectivity index (χ4n) is 2.80. The SMILES string of the molecule is CCCSc1cc(C(F)(F)F)cnc1-c1nc(C(F)(F)F)ccc1C.c1cnc2nc[nH]c2c1. The number of alkyl halides is 6. The molecule has 0 amide bonds. The summed E-state index contributed by atoms with van der Waals surface area (Å²) in [4.78, 5) is 18.4. The first-order chi connectivity index (χ1) is 16.0. The van der Waals surface area contributed by atoms with E-state index in [2.05, 4.69) is 24.9 Å². The maximum Gasteiger partial charge on any atom is 0.433 e. The number of fused-ring (bicyclic) bond motifs is 1. The molecule has 4 aromatic heterocycles. The van der Waals surface area contributed by atoms with Gasteiger partial charge in [0, 0.05) is 17.3 Å². The number of rotatable bonds is 4. The van der Waals surface area contributed by atoms with Crippen molar-refractivity contribution in [2.45, 2.75) is 37.5 Å². The number of aryl methyl sites for hydroxylation is 1. The highest BCUT2D eigenvalue weighted by Gasteiger charge is 2.34. The van der Waals surface area contributed by atoms with Gasteiger partial charge in [0.05, 0.1) is 23.1 Å². The lowest BCUT2D eigenvalue weighted by atomic mass is 10.1. The smallest absolute Gasteiger partial charge is 0.343 e. The van der Waals surface area contributed by atoms with Crippen molar-refractivity contribution in [3.63, 3.8) is 0 Å². The van der Waals surface area contributed by atoms with Crippen LogP contribution in [0.1, 0.15) is 30.2 Å². The van der Waals surface area contributed by atoms with Crippen LogP contribution in [-0.2, 0) is 12.4 Å². The average Bonchev–Trinajstić information content (AvgIpc) is 3.26. The topological polar surface area (TPSA) is 67.3 Å². The molecule has 4 aromatic rings. The molecule has 0 radical (unpaired) electrons. The highest BCUT2D eigenvalue weighted by molar-refractivity contribution is 7.99. The van der Waals surface area contributed by atoms with Gasteiger partial charge in [-0.15, -0.1) is 11.8 Å². The number of imidazole rings is 1. The molecular formula is C22H19F6N5S. The first-order valence-electron chi connectivity index (χ1n) is 10.00. The molecule has 0 bridgehead atoms. The Morgan fingerprint density at radius 2 is 1.71 bits per heavy atom. The van der Waals surface area contributed by atoms with Crippen LogP contribution in [0.2, 0.25) is 0 Å². The molecule has 12 heteroatoms. The number of H-pyrrole nitrogens is 1. The van der Waals surface area contributed by atoms with Crippen LogP contribution in [0.4, 0.5) is 26.3 Å². The van der Waals surface area contributed by atoms with Crippen molar-refractivity contribution in [2.75, 3.05) is 5.75 Å². The van der Waals surface area contributed by atoms with E-state index in [0.29, 0.717) is 23.9 Å². The normalized spacial score (nSPS) is 11.9. The third kappa shape index (κ3) is 6.25. The first kappa shape index (κ1) is 25.5. The van der Waals surface area contributed by atoms with E-state index in [1.165, 1.54) is 13.0 Å². The van der Waals surface area contributed by atoms with E-state index >= 15 is 0 Å². The van der Waals surface area contributed by atoms with Gasteiger partial charge in [0.2, 0.25) is 0 Å². The van der Waals surface area contributed by atoms with E-state index in [-0.39, 0.29) is 16.3 Å². The molecule has 0 aliphatic carbocycles. The Kier molecular flexibility index (Phi) is 7.80. The maximum atomic E-state index is 12.9. The van der Waals surface area contributed by atoms with Crippen LogP contribution in [0.25, 0.3) is 22.6 Å². The lowest BCUT2D eigenvalue weighted by molar-refractivity contribution is -0.141. The second-order valence-corrected chi connectivity index (χ2v) is 8.19. The molecule has 4 rings (SSSR count). The summed E-state index contributed by atoms with van der Waals surface area (Å²) >= 11 is 1.11. The Labute approximate surface area is 195 Å². The van der Waals surface area contributed by atoms with Crippen LogP contribution in [0.5, 0.6) is 0 Å². The monoisotopic (exact) mass is 499 g/mol. The van der Waals surface area contributed by atoms with Crippen molar-refractivity contribution in [3.8, 4) is 11.4 Å². The van der Waals surface area contributed by atoms with Crippen LogP contribution < -0.4 is 0 Å². The number of nitrogens with one attached hydrogen (secondary N) is 1. The molecule has 5 nitrogen and oxygen atoms in total. The van der Waals surface area contributed by atoms with Crippen molar-refractivity contribution >= 4 is 22.9 Å². The number of pyridine rings is 3. The molecule has 180 valence electrons. The van der Waals surface area contributed by atoms with Gasteiger partial charge in [-0.3, -0.25) is 4.98 Å². The quantitative estimate of drug-likeness (QED) is 0.243. The van der Waals surface area contributed by atoms with Crippen molar-refractivity contribution in [2.24, 2.45) is 0 Å². The Bertz CT molecular complexity index is 1220. The molecule has 0 aliphatic heterocycles. The van der Waals surface area contributed by atoms with E-state index < -0.39 is 23.6 Å². The van der Waals surface area contributed by atoms with Gasteiger partial charge in [-0.2, -0.15) is 26.3 Å². The van der Waals surface area contributed by atoms with Crippen molar-refractivity contribution in [1.82, 2.24) is 24.9 Å². The van der Waals surface area contributed by atoms with Gasteiger partial charge in [0.1, 0.15) is 11.4 Å². The summed E-state index contributed by atoms with van der Waals surface area (Å²) in [7, 11) is 0. The minimum Gasteiger partial charge on any atom is -0.343 e. The third-order valence-electron chi connectivity index (χ3n) is 4.45. The molecular weight excluding hydrogens is 480 g/mol. The molecule has 34 heavy (non-hydrogen) atoms. The van der Waals surface area contributed by atoms with Gasteiger partial charge in [-0.1, -0.05) is 13.0 Å². The molecule has 0 saturated heterocycles. The molecule has 0 fully saturated rings. The highest BCUT2D eigenvalue weighted by Crippen LogP contribution is 2.38. The maximum absolute atomic E-state index is 12.9. The number of hydrogen-bond acceptors (Lipinski definition) is 5. The predicted molar refractivity (Wildman–Crippen MR) is 117 cm³/mol. The zero-order valence-corrected chi connectivity index (χ0v) is 18.8. The Morgan fingerprint density at radius 1 is 0.941 bits per heavy atom. The number of aromatic nitrogens is 5. The third-order valence-corrected chi connectivity index (χ3v) is 5.68. The van der Waals surface area contributed by atoms with Gasteiger partial charge >= 0.3 is 12.4 Å². The van der Waals surface area contributed by atoms with Crippen LogP contribution in [-0.4, -0.2) is 30.7 Å². The van der Waals surface area contributed by atoms with Crippen LogP contribution in [0, 0.1) is 6.92 Å². The largest absolute Gasteiger partial charge is 0.433 e. The summed E-state index contributed by atoms with van der Waals surface area (Å²) < 4.78 is 77.4. The van der Waals surface area contributed by atoms with E-state index in [0.717, 1.165) is 35.1 Å². The zero-order chi connectivity index (χ0) is 24.9. The van der Waals surface area contributed by atoms with Gasteiger partial charge in [0.25, 0.3) is 0 Å². The molecule has 0 spiro atoms. The van der Waals surface area contributed by atoms with Gasteiger partial charge < -0.3 is 4.98 Å². The molecule has 0 aromatic carbocycles. The average molecular weight is 499 g/mol. The lowest BCUT2D eigenvalue weighted by Gasteiger charge is -2.15. The first-order valence-corrected chi connectivity index (χ1v) is 11.0. The fourth-order valence-corrected chi connectivity index (χ4v) is 3.72. The van der Waals surface area contributed by atoms with Crippen LogP contribution in [0.15, 0.2) is 53.9 Å². The van der Waals surface area contributed by atoms with Gasteiger partial charge in [-0.05, 0) is 48.9 Å². The zero-order valence-electron chi connectivity index (χ0n) is 18.0. The minimum atomic E-state index is -4.65. The molecule has 0 aliphatic rings. The fraction of sp³-hybridized carbons (Fsp3) is 0.273. The summed E-state index contributed by atoms with van der Waals surface area (Å²) in [5.41, 5.74) is 0.0616. The van der Waals surface area contributed by atoms with Crippen molar-refractivity contribution in [3.05, 3.63) is 65.9 Å². The number of hydrogen-bond donors (Lipinski definition) is 1. The summed E-state index contributed by atoms with van der Waals surface area (Å²) in [5.74, 6) is 0.508. The lowest BCUT2D eigenvalue weighted by Crippen LogP contribution is -2.10. The van der Waals surface area contributed by atoms with Gasteiger partial charge in [0.15, 0.2) is 5.65 Å². The van der Waals surface area contributed by atoms with Crippen molar-refractivity contribution < 1.29 is 26.3 Å². The van der Waals surface area contributed by atoms with E-state index in [4.69, 9.17) is 0 Å². The number of thioether (sulfide) groups is 1. The molecule has 1 N–H and O–H groups in total.